The largest absolute Gasteiger partial charge is 0.479 e. The number of aliphatic carboxylic acids is 1. The van der Waals surface area contributed by atoms with Crippen molar-refractivity contribution in [3.8, 4) is 11.3 Å². The number of thioether (sulfide) groups is 1. The zero-order valence-electron chi connectivity index (χ0n) is 16.0. The molecule has 3 aromatic heterocycles. The maximum Gasteiger partial charge on any atom is 0.337 e. The standard InChI is InChI=1S/C21H19N5O2S/c1-13-5-15(7-25-19(13)16-3-4-24-14(2)6-16)10-26-11-18(29-20(26)21(27)28)17-8-22-12-23-9-17/h3-9,11-12,20H,10H2,1-2H3,(H,27,28). The zero-order chi connectivity index (χ0) is 20.4. The molecule has 0 bridgehead atoms. The van der Waals surface area contributed by atoms with Gasteiger partial charge in [-0.1, -0.05) is 17.8 Å². The highest BCUT2D eigenvalue weighted by Gasteiger charge is 2.32. The lowest BCUT2D eigenvalue weighted by Crippen LogP contribution is -2.31. The SMILES string of the molecule is Cc1cc(-c2ncc(CN3C=C(c4cncnc4)SC3C(=O)O)cc2C)ccn1. The Labute approximate surface area is 172 Å². The van der Waals surface area contributed by atoms with Crippen molar-refractivity contribution in [3.05, 3.63) is 77.9 Å². The number of aryl methyl sites for hydroxylation is 2. The first-order valence-corrected chi connectivity index (χ1v) is 9.90. The van der Waals surface area contributed by atoms with Crippen LogP contribution in [0.5, 0.6) is 0 Å². The van der Waals surface area contributed by atoms with Crippen LogP contribution >= 0.6 is 11.8 Å². The summed E-state index contributed by atoms with van der Waals surface area (Å²) >= 11 is 1.29. The Morgan fingerprint density at radius 3 is 2.62 bits per heavy atom. The van der Waals surface area contributed by atoms with E-state index in [0.717, 1.165) is 38.5 Å². The Morgan fingerprint density at radius 1 is 1.14 bits per heavy atom. The summed E-state index contributed by atoms with van der Waals surface area (Å²) in [5.41, 5.74) is 5.66. The van der Waals surface area contributed by atoms with Crippen LogP contribution in [0.2, 0.25) is 0 Å². The van der Waals surface area contributed by atoms with Crippen molar-refractivity contribution in [1.82, 2.24) is 24.8 Å². The average molecular weight is 405 g/mol. The fourth-order valence-corrected chi connectivity index (χ4v) is 4.30. The minimum Gasteiger partial charge on any atom is -0.479 e. The first kappa shape index (κ1) is 19.1. The molecule has 29 heavy (non-hydrogen) atoms. The van der Waals surface area contributed by atoms with Gasteiger partial charge in [-0.2, -0.15) is 0 Å². The molecule has 1 unspecified atom stereocenters. The molecule has 4 heterocycles. The number of aromatic nitrogens is 4. The Bertz CT molecular complexity index is 1090. The van der Waals surface area contributed by atoms with E-state index in [1.54, 1.807) is 24.8 Å². The van der Waals surface area contributed by atoms with Gasteiger partial charge in [0, 0.05) is 59.3 Å². The summed E-state index contributed by atoms with van der Waals surface area (Å²) < 4.78 is 0. The van der Waals surface area contributed by atoms with Crippen LogP contribution < -0.4 is 0 Å². The number of hydrogen-bond acceptors (Lipinski definition) is 7. The Kier molecular flexibility index (Phi) is 5.26. The Balaban J connectivity index is 1.59. The molecule has 3 aromatic rings. The predicted molar refractivity (Wildman–Crippen MR) is 112 cm³/mol. The fourth-order valence-electron chi connectivity index (χ4n) is 3.25. The molecule has 0 saturated heterocycles. The maximum absolute atomic E-state index is 11.8. The lowest BCUT2D eigenvalue weighted by Gasteiger charge is -2.21. The summed E-state index contributed by atoms with van der Waals surface area (Å²) in [6, 6.07) is 6.00. The molecule has 0 spiro atoms. The molecule has 0 aliphatic carbocycles. The van der Waals surface area contributed by atoms with Crippen LogP contribution in [0.3, 0.4) is 0 Å². The minimum absolute atomic E-state index is 0.449. The van der Waals surface area contributed by atoms with Crippen LogP contribution in [0.15, 0.2) is 55.5 Å². The van der Waals surface area contributed by atoms with Crippen molar-refractivity contribution in [1.29, 1.82) is 0 Å². The van der Waals surface area contributed by atoms with E-state index in [-0.39, 0.29) is 0 Å². The van der Waals surface area contributed by atoms with Crippen LogP contribution in [0, 0.1) is 13.8 Å². The molecule has 1 aliphatic rings. The molecule has 146 valence electrons. The quantitative estimate of drug-likeness (QED) is 0.689. The van der Waals surface area contributed by atoms with Gasteiger partial charge < -0.3 is 10.0 Å². The molecular weight excluding hydrogens is 386 g/mol. The van der Waals surface area contributed by atoms with Gasteiger partial charge in [0.25, 0.3) is 0 Å². The molecular formula is C21H19N5O2S. The number of carboxylic acids is 1. The Morgan fingerprint density at radius 2 is 1.93 bits per heavy atom. The third-order valence-corrected chi connectivity index (χ3v) is 5.84. The predicted octanol–water partition coefficient (Wildman–Crippen LogP) is 3.51. The van der Waals surface area contributed by atoms with E-state index in [0.29, 0.717) is 6.54 Å². The highest BCUT2D eigenvalue weighted by molar-refractivity contribution is 8.09. The van der Waals surface area contributed by atoms with E-state index in [1.807, 2.05) is 37.1 Å². The number of rotatable bonds is 5. The van der Waals surface area contributed by atoms with Crippen LogP contribution in [-0.4, -0.2) is 41.3 Å². The van der Waals surface area contributed by atoms with Crippen molar-refractivity contribution in [2.45, 2.75) is 25.8 Å². The van der Waals surface area contributed by atoms with Crippen molar-refractivity contribution in [2.24, 2.45) is 0 Å². The van der Waals surface area contributed by atoms with Crippen LogP contribution in [-0.2, 0) is 11.3 Å². The van der Waals surface area contributed by atoms with E-state index in [2.05, 4.69) is 26.0 Å². The molecule has 0 fully saturated rings. The fraction of sp³-hybridized carbons (Fsp3) is 0.190. The lowest BCUT2D eigenvalue weighted by molar-refractivity contribution is -0.139. The van der Waals surface area contributed by atoms with Gasteiger partial charge in [0.2, 0.25) is 0 Å². The second-order valence-corrected chi connectivity index (χ2v) is 7.92. The maximum atomic E-state index is 11.8. The summed E-state index contributed by atoms with van der Waals surface area (Å²) in [4.78, 5) is 31.3. The van der Waals surface area contributed by atoms with Gasteiger partial charge in [0.05, 0.1) is 5.69 Å². The first-order chi connectivity index (χ1) is 14.0. The second kappa shape index (κ2) is 8.00. The third kappa shape index (κ3) is 4.12. The van der Waals surface area contributed by atoms with Crippen molar-refractivity contribution >= 4 is 22.6 Å². The van der Waals surface area contributed by atoms with E-state index in [9.17, 15) is 9.90 Å². The van der Waals surface area contributed by atoms with Crippen LogP contribution in [0.25, 0.3) is 16.2 Å². The smallest absolute Gasteiger partial charge is 0.337 e. The van der Waals surface area contributed by atoms with Gasteiger partial charge >= 0.3 is 5.97 Å². The molecule has 1 N–H and O–H groups in total. The molecule has 8 heteroatoms. The van der Waals surface area contributed by atoms with Gasteiger partial charge in [0.1, 0.15) is 6.33 Å². The van der Waals surface area contributed by atoms with E-state index in [1.165, 1.54) is 18.1 Å². The minimum atomic E-state index is -0.883. The number of pyridine rings is 2. The topological polar surface area (TPSA) is 92.1 Å². The van der Waals surface area contributed by atoms with Gasteiger partial charge in [-0.05, 0) is 37.1 Å². The Hall–Kier alpha value is -3.26. The number of carbonyl (C=O) groups is 1. The summed E-state index contributed by atoms with van der Waals surface area (Å²) in [5, 5.41) is 8.95. The average Bonchev–Trinajstić information content (AvgIpc) is 3.13. The molecule has 0 radical (unpaired) electrons. The normalized spacial score (nSPS) is 16.0. The summed E-state index contributed by atoms with van der Waals surface area (Å²) in [7, 11) is 0. The van der Waals surface area contributed by atoms with Gasteiger partial charge in [-0.25, -0.2) is 14.8 Å². The highest BCUT2D eigenvalue weighted by Crippen LogP contribution is 2.40. The van der Waals surface area contributed by atoms with E-state index < -0.39 is 11.3 Å². The number of carboxylic acid groups (broad SMARTS) is 1. The molecule has 4 rings (SSSR count). The summed E-state index contributed by atoms with van der Waals surface area (Å²) in [6.45, 7) is 4.41. The lowest BCUT2D eigenvalue weighted by atomic mass is 10.1. The molecule has 1 atom stereocenters. The van der Waals surface area contributed by atoms with Crippen LogP contribution in [0.1, 0.15) is 22.4 Å². The van der Waals surface area contributed by atoms with Gasteiger partial charge in [-0.15, -0.1) is 0 Å². The van der Waals surface area contributed by atoms with Crippen molar-refractivity contribution in [3.63, 3.8) is 0 Å². The molecule has 0 saturated carbocycles. The number of hydrogen-bond donors (Lipinski definition) is 1. The monoisotopic (exact) mass is 405 g/mol. The highest BCUT2D eigenvalue weighted by atomic mass is 32.2. The van der Waals surface area contributed by atoms with Gasteiger partial charge in [0.15, 0.2) is 5.37 Å². The summed E-state index contributed by atoms with van der Waals surface area (Å²) in [5.74, 6) is -0.883. The third-order valence-electron chi connectivity index (χ3n) is 4.55. The second-order valence-electron chi connectivity index (χ2n) is 6.80. The van der Waals surface area contributed by atoms with Gasteiger partial charge in [-0.3, -0.25) is 9.97 Å². The summed E-state index contributed by atoms with van der Waals surface area (Å²) in [6.07, 6.45) is 10.3. The first-order valence-electron chi connectivity index (χ1n) is 9.02. The van der Waals surface area contributed by atoms with E-state index >= 15 is 0 Å². The van der Waals surface area contributed by atoms with E-state index in [4.69, 9.17) is 0 Å². The van der Waals surface area contributed by atoms with Crippen molar-refractivity contribution < 1.29 is 9.90 Å². The molecule has 0 aromatic carbocycles. The zero-order valence-corrected chi connectivity index (χ0v) is 16.8. The number of nitrogens with zero attached hydrogens (tertiary/aromatic N) is 5. The van der Waals surface area contributed by atoms with Crippen molar-refractivity contribution in [2.75, 3.05) is 0 Å². The molecule has 7 nitrogen and oxygen atoms in total. The molecule has 1 aliphatic heterocycles. The van der Waals surface area contributed by atoms with Crippen LogP contribution in [0.4, 0.5) is 0 Å². The molecule has 0 amide bonds.